The zero-order valence-electron chi connectivity index (χ0n) is 11.5. The summed E-state index contributed by atoms with van der Waals surface area (Å²) in [7, 11) is 0. The molecule has 1 aromatic rings. The SMILES string of the molecule is Cc1ccc2c(c1)CCN(CCN1CCCC1)C2. The molecule has 0 unspecified atom stereocenters. The third kappa shape index (κ3) is 2.76. The number of rotatable bonds is 3. The maximum Gasteiger partial charge on any atom is 0.0237 e. The van der Waals surface area contributed by atoms with Crippen LogP contribution in [0.1, 0.15) is 29.5 Å². The van der Waals surface area contributed by atoms with Crippen molar-refractivity contribution >= 4 is 0 Å². The fraction of sp³-hybridized carbons (Fsp3) is 0.625. The van der Waals surface area contributed by atoms with Gasteiger partial charge in [0.05, 0.1) is 0 Å². The smallest absolute Gasteiger partial charge is 0.0237 e. The second-order valence-corrected chi connectivity index (χ2v) is 5.85. The maximum absolute atomic E-state index is 2.62. The Kier molecular flexibility index (Phi) is 3.67. The van der Waals surface area contributed by atoms with Gasteiger partial charge >= 0.3 is 0 Å². The highest BCUT2D eigenvalue weighted by Gasteiger charge is 2.17. The van der Waals surface area contributed by atoms with Crippen molar-refractivity contribution in [3.63, 3.8) is 0 Å². The summed E-state index contributed by atoms with van der Waals surface area (Å²) in [5, 5.41) is 0. The van der Waals surface area contributed by atoms with Crippen LogP contribution >= 0.6 is 0 Å². The fourth-order valence-electron chi connectivity index (χ4n) is 3.22. The van der Waals surface area contributed by atoms with E-state index in [4.69, 9.17) is 0 Å². The highest BCUT2D eigenvalue weighted by atomic mass is 15.2. The van der Waals surface area contributed by atoms with Gasteiger partial charge in [-0.1, -0.05) is 23.8 Å². The van der Waals surface area contributed by atoms with Crippen molar-refractivity contribution < 1.29 is 0 Å². The van der Waals surface area contributed by atoms with Gasteiger partial charge in [-0.15, -0.1) is 0 Å². The molecule has 0 amide bonds. The summed E-state index contributed by atoms with van der Waals surface area (Å²) in [6.45, 7) is 9.75. The summed E-state index contributed by atoms with van der Waals surface area (Å²) < 4.78 is 0. The van der Waals surface area contributed by atoms with Crippen LogP contribution in [-0.4, -0.2) is 42.5 Å². The summed E-state index contributed by atoms with van der Waals surface area (Å²) in [6, 6.07) is 6.95. The Labute approximate surface area is 111 Å². The number of hydrogen-bond donors (Lipinski definition) is 0. The quantitative estimate of drug-likeness (QED) is 0.806. The molecule has 2 nitrogen and oxygen atoms in total. The van der Waals surface area contributed by atoms with Crippen molar-refractivity contribution in [2.45, 2.75) is 32.7 Å². The maximum atomic E-state index is 2.62. The van der Waals surface area contributed by atoms with E-state index in [2.05, 4.69) is 34.9 Å². The molecule has 0 atom stereocenters. The van der Waals surface area contributed by atoms with Crippen LogP contribution in [0, 0.1) is 6.92 Å². The van der Waals surface area contributed by atoms with E-state index >= 15 is 0 Å². The predicted molar refractivity (Wildman–Crippen MR) is 75.8 cm³/mol. The van der Waals surface area contributed by atoms with E-state index in [0.717, 1.165) is 6.54 Å². The number of fused-ring (bicyclic) bond motifs is 1. The van der Waals surface area contributed by atoms with Gasteiger partial charge in [0.25, 0.3) is 0 Å². The van der Waals surface area contributed by atoms with Crippen molar-refractivity contribution in [2.75, 3.05) is 32.7 Å². The van der Waals surface area contributed by atoms with Crippen molar-refractivity contribution in [1.82, 2.24) is 9.80 Å². The molecular weight excluding hydrogens is 220 g/mol. The van der Waals surface area contributed by atoms with Crippen molar-refractivity contribution in [2.24, 2.45) is 0 Å². The summed E-state index contributed by atoms with van der Waals surface area (Å²) >= 11 is 0. The minimum atomic E-state index is 1.16. The van der Waals surface area contributed by atoms with Gasteiger partial charge in [-0.05, 0) is 50.4 Å². The highest BCUT2D eigenvalue weighted by molar-refractivity contribution is 5.33. The molecule has 0 N–H and O–H groups in total. The van der Waals surface area contributed by atoms with Gasteiger partial charge < -0.3 is 4.90 Å². The zero-order chi connectivity index (χ0) is 12.4. The first-order valence-electron chi connectivity index (χ1n) is 7.34. The minimum Gasteiger partial charge on any atom is -0.302 e. The molecule has 0 saturated carbocycles. The van der Waals surface area contributed by atoms with E-state index in [-0.39, 0.29) is 0 Å². The molecule has 2 aliphatic rings. The van der Waals surface area contributed by atoms with Gasteiger partial charge in [0, 0.05) is 26.2 Å². The van der Waals surface area contributed by atoms with Crippen LogP contribution in [0.5, 0.6) is 0 Å². The largest absolute Gasteiger partial charge is 0.302 e. The normalized spacial score (nSPS) is 21.2. The third-order valence-electron chi connectivity index (χ3n) is 4.38. The standard InChI is InChI=1S/C16H24N2/c1-14-4-5-16-13-18(9-6-15(16)12-14)11-10-17-7-2-3-8-17/h4-5,12H,2-3,6-11,13H2,1H3. The van der Waals surface area contributed by atoms with E-state index in [0.29, 0.717) is 0 Å². The predicted octanol–water partition coefficient (Wildman–Crippen LogP) is 2.45. The van der Waals surface area contributed by atoms with Crippen LogP contribution in [0.3, 0.4) is 0 Å². The molecular formula is C16H24N2. The van der Waals surface area contributed by atoms with E-state index in [1.165, 1.54) is 57.5 Å². The molecule has 98 valence electrons. The molecule has 2 heterocycles. The van der Waals surface area contributed by atoms with Gasteiger partial charge in [-0.2, -0.15) is 0 Å². The minimum absolute atomic E-state index is 1.16. The number of aryl methyl sites for hydroxylation is 1. The monoisotopic (exact) mass is 244 g/mol. The topological polar surface area (TPSA) is 6.48 Å². The number of nitrogens with zero attached hydrogens (tertiary/aromatic N) is 2. The van der Waals surface area contributed by atoms with E-state index in [9.17, 15) is 0 Å². The average molecular weight is 244 g/mol. The van der Waals surface area contributed by atoms with Crippen molar-refractivity contribution in [3.05, 3.63) is 34.9 Å². The summed E-state index contributed by atoms with van der Waals surface area (Å²) in [6.07, 6.45) is 4.04. The van der Waals surface area contributed by atoms with Gasteiger partial charge in [0.1, 0.15) is 0 Å². The summed E-state index contributed by atoms with van der Waals surface area (Å²) in [5.74, 6) is 0. The Hall–Kier alpha value is -0.860. The second-order valence-electron chi connectivity index (χ2n) is 5.85. The Morgan fingerprint density at radius 2 is 1.72 bits per heavy atom. The van der Waals surface area contributed by atoms with Crippen LogP contribution in [0.25, 0.3) is 0 Å². The Morgan fingerprint density at radius 3 is 2.56 bits per heavy atom. The lowest BCUT2D eigenvalue weighted by Gasteiger charge is -2.30. The molecule has 2 aliphatic heterocycles. The van der Waals surface area contributed by atoms with Gasteiger partial charge in [0.15, 0.2) is 0 Å². The second kappa shape index (κ2) is 5.41. The lowest BCUT2D eigenvalue weighted by molar-refractivity contribution is 0.211. The van der Waals surface area contributed by atoms with E-state index in [1.807, 2.05) is 0 Å². The van der Waals surface area contributed by atoms with Crippen LogP contribution in [0.15, 0.2) is 18.2 Å². The molecule has 1 fully saturated rings. The van der Waals surface area contributed by atoms with E-state index in [1.54, 1.807) is 11.1 Å². The van der Waals surface area contributed by atoms with Crippen molar-refractivity contribution in [3.8, 4) is 0 Å². The van der Waals surface area contributed by atoms with Crippen LogP contribution < -0.4 is 0 Å². The third-order valence-corrected chi connectivity index (χ3v) is 4.38. The summed E-state index contributed by atoms with van der Waals surface area (Å²) in [4.78, 5) is 5.24. The number of likely N-dealkylation sites (tertiary alicyclic amines) is 1. The first-order chi connectivity index (χ1) is 8.81. The molecule has 1 aromatic carbocycles. The number of benzene rings is 1. The van der Waals surface area contributed by atoms with Gasteiger partial charge in [-0.25, -0.2) is 0 Å². The Bertz CT molecular complexity index is 408. The summed E-state index contributed by atoms with van der Waals surface area (Å²) in [5.41, 5.74) is 4.53. The molecule has 0 aliphatic carbocycles. The Balaban J connectivity index is 1.55. The molecule has 0 bridgehead atoms. The highest BCUT2D eigenvalue weighted by Crippen LogP contribution is 2.20. The number of hydrogen-bond acceptors (Lipinski definition) is 2. The first kappa shape index (κ1) is 12.2. The zero-order valence-corrected chi connectivity index (χ0v) is 11.5. The molecule has 1 saturated heterocycles. The van der Waals surface area contributed by atoms with Crippen LogP contribution in [0.2, 0.25) is 0 Å². The van der Waals surface area contributed by atoms with E-state index < -0.39 is 0 Å². The first-order valence-corrected chi connectivity index (χ1v) is 7.34. The molecule has 0 spiro atoms. The molecule has 0 aromatic heterocycles. The van der Waals surface area contributed by atoms with Crippen LogP contribution in [0.4, 0.5) is 0 Å². The Morgan fingerprint density at radius 1 is 0.944 bits per heavy atom. The lowest BCUT2D eigenvalue weighted by Crippen LogP contribution is -2.37. The van der Waals surface area contributed by atoms with Crippen molar-refractivity contribution in [1.29, 1.82) is 0 Å². The van der Waals surface area contributed by atoms with Gasteiger partial charge in [-0.3, -0.25) is 4.90 Å². The molecule has 0 radical (unpaired) electrons. The average Bonchev–Trinajstić information content (AvgIpc) is 2.89. The molecule has 3 rings (SSSR count). The molecule has 2 heteroatoms. The van der Waals surface area contributed by atoms with Crippen LogP contribution in [-0.2, 0) is 13.0 Å². The fourth-order valence-corrected chi connectivity index (χ4v) is 3.22. The lowest BCUT2D eigenvalue weighted by atomic mass is 9.98. The molecule has 18 heavy (non-hydrogen) atoms. The van der Waals surface area contributed by atoms with Gasteiger partial charge in [0.2, 0.25) is 0 Å².